The number of fused-ring (bicyclic) bond motifs is 1. The molecule has 1 aliphatic rings. The second kappa shape index (κ2) is 8.42. The highest BCUT2D eigenvalue weighted by atomic mass is 19.1. The van der Waals surface area contributed by atoms with Crippen LogP contribution in [-0.2, 0) is 6.42 Å². The van der Waals surface area contributed by atoms with Gasteiger partial charge < -0.3 is 15.2 Å². The highest BCUT2D eigenvalue weighted by molar-refractivity contribution is 5.89. The molecule has 2 N–H and O–H groups in total. The van der Waals surface area contributed by atoms with Crippen LogP contribution in [0.25, 0.3) is 11.0 Å². The Bertz CT molecular complexity index is 915. The van der Waals surface area contributed by atoms with E-state index in [1.807, 2.05) is 29.2 Å². The third-order valence-corrected chi connectivity index (χ3v) is 5.42. The fourth-order valence-corrected chi connectivity index (χ4v) is 3.94. The second-order valence-electron chi connectivity index (χ2n) is 7.35. The van der Waals surface area contributed by atoms with Gasteiger partial charge in [0.05, 0.1) is 16.7 Å². The molecule has 5 nitrogen and oxygen atoms in total. The van der Waals surface area contributed by atoms with Gasteiger partial charge in [-0.3, -0.25) is 0 Å². The van der Waals surface area contributed by atoms with Crippen molar-refractivity contribution in [3.05, 3.63) is 60.2 Å². The Balaban J connectivity index is 1.49. The highest BCUT2D eigenvalue weighted by Crippen LogP contribution is 2.24. The normalized spacial score (nSPS) is 14.9. The molecule has 1 aromatic heterocycles. The van der Waals surface area contributed by atoms with Crippen LogP contribution in [0.2, 0.25) is 0 Å². The number of rotatable bonds is 5. The number of para-hydroxylation sites is 3. The molecule has 0 radical (unpaired) electrons. The number of carbonyl (C=O) groups is 1. The molecule has 0 saturated heterocycles. The van der Waals surface area contributed by atoms with Crippen molar-refractivity contribution < 1.29 is 9.18 Å². The number of hydrogen-bond acceptors (Lipinski definition) is 2. The quantitative estimate of drug-likeness (QED) is 0.646. The van der Waals surface area contributed by atoms with Gasteiger partial charge in [0, 0.05) is 19.0 Å². The molecular weight excluding hydrogens is 355 g/mol. The lowest BCUT2D eigenvalue weighted by Crippen LogP contribution is -2.45. The zero-order chi connectivity index (χ0) is 19.3. The molecule has 6 heteroatoms. The molecule has 1 fully saturated rings. The maximum absolute atomic E-state index is 14.0. The number of nitrogens with one attached hydrogen (secondary N) is 2. The van der Waals surface area contributed by atoms with Crippen LogP contribution < -0.4 is 5.32 Å². The van der Waals surface area contributed by atoms with Gasteiger partial charge in [0.1, 0.15) is 11.6 Å². The minimum atomic E-state index is -0.420. The minimum absolute atomic E-state index is 0.185. The van der Waals surface area contributed by atoms with Crippen LogP contribution in [0.4, 0.5) is 14.9 Å². The zero-order valence-corrected chi connectivity index (χ0v) is 15.8. The molecule has 2 aromatic carbocycles. The molecule has 1 aliphatic carbocycles. The predicted molar refractivity (Wildman–Crippen MR) is 109 cm³/mol. The van der Waals surface area contributed by atoms with Gasteiger partial charge in [-0.05, 0) is 37.1 Å². The lowest BCUT2D eigenvalue weighted by Gasteiger charge is -2.34. The Morgan fingerprint density at radius 2 is 1.86 bits per heavy atom. The van der Waals surface area contributed by atoms with E-state index in [1.54, 1.807) is 18.2 Å². The second-order valence-corrected chi connectivity index (χ2v) is 7.35. The highest BCUT2D eigenvalue weighted by Gasteiger charge is 2.26. The smallest absolute Gasteiger partial charge is 0.322 e. The summed E-state index contributed by atoms with van der Waals surface area (Å²) in [4.78, 5) is 22.8. The first-order valence-corrected chi connectivity index (χ1v) is 9.96. The van der Waals surface area contributed by atoms with E-state index in [9.17, 15) is 9.18 Å². The van der Waals surface area contributed by atoms with Gasteiger partial charge >= 0.3 is 6.03 Å². The van der Waals surface area contributed by atoms with E-state index in [2.05, 4.69) is 15.3 Å². The van der Waals surface area contributed by atoms with E-state index in [0.29, 0.717) is 13.0 Å². The van der Waals surface area contributed by atoms with Crippen LogP contribution in [0, 0.1) is 5.82 Å². The maximum atomic E-state index is 14.0. The van der Waals surface area contributed by atoms with Crippen LogP contribution in [0.3, 0.4) is 0 Å². The standard InChI is InChI=1S/C22H25FN4O/c23-17-10-4-5-11-18(17)26-22(28)27(16-8-2-1-3-9-16)15-14-21-24-19-12-6-7-13-20(19)25-21/h4-7,10-13,16H,1-3,8-9,14-15H2,(H,24,25)(H,26,28). The Morgan fingerprint density at radius 3 is 2.64 bits per heavy atom. The van der Waals surface area contributed by atoms with E-state index >= 15 is 0 Å². The van der Waals surface area contributed by atoms with E-state index in [-0.39, 0.29) is 17.8 Å². The molecule has 0 unspecified atom stereocenters. The first-order valence-electron chi connectivity index (χ1n) is 9.96. The van der Waals surface area contributed by atoms with Crippen molar-refractivity contribution in [2.75, 3.05) is 11.9 Å². The van der Waals surface area contributed by atoms with Crippen molar-refractivity contribution >= 4 is 22.8 Å². The molecule has 0 aliphatic heterocycles. The number of benzene rings is 2. The number of amides is 2. The molecule has 3 aromatic rings. The number of carbonyl (C=O) groups excluding carboxylic acids is 1. The van der Waals surface area contributed by atoms with Crippen molar-refractivity contribution in [2.45, 2.75) is 44.6 Å². The number of imidazole rings is 1. The fraction of sp³-hybridized carbons (Fsp3) is 0.364. The lowest BCUT2D eigenvalue weighted by atomic mass is 9.94. The summed E-state index contributed by atoms with van der Waals surface area (Å²) in [5, 5.41) is 2.75. The van der Waals surface area contributed by atoms with Gasteiger partial charge in [-0.1, -0.05) is 43.5 Å². The Labute approximate surface area is 164 Å². The van der Waals surface area contributed by atoms with Crippen LogP contribution >= 0.6 is 0 Å². The summed E-state index contributed by atoms with van der Waals surface area (Å²) in [6.07, 6.45) is 6.08. The average molecular weight is 380 g/mol. The van der Waals surface area contributed by atoms with Crippen molar-refractivity contribution in [3.63, 3.8) is 0 Å². The molecule has 146 valence electrons. The monoisotopic (exact) mass is 380 g/mol. The van der Waals surface area contributed by atoms with Gasteiger partial charge in [0.15, 0.2) is 0 Å². The predicted octanol–water partition coefficient (Wildman–Crippen LogP) is 5.11. The molecule has 1 heterocycles. The lowest BCUT2D eigenvalue weighted by molar-refractivity contribution is 0.168. The molecule has 2 amide bonds. The molecule has 28 heavy (non-hydrogen) atoms. The Hall–Kier alpha value is -2.89. The van der Waals surface area contributed by atoms with Crippen molar-refractivity contribution in [2.24, 2.45) is 0 Å². The number of hydrogen-bond donors (Lipinski definition) is 2. The first kappa shape index (κ1) is 18.5. The summed E-state index contributed by atoms with van der Waals surface area (Å²) in [5.41, 5.74) is 2.15. The van der Waals surface area contributed by atoms with E-state index in [1.165, 1.54) is 12.5 Å². The molecule has 0 bridgehead atoms. The first-order chi connectivity index (χ1) is 13.7. The van der Waals surface area contributed by atoms with Gasteiger partial charge in [-0.25, -0.2) is 14.2 Å². The van der Waals surface area contributed by atoms with Crippen LogP contribution in [0.1, 0.15) is 37.9 Å². The number of halogens is 1. The molecular formula is C22H25FN4O. The van der Waals surface area contributed by atoms with Crippen LogP contribution in [0.15, 0.2) is 48.5 Å². The molecule has 4 rings (SSSR count). The number of aromatic amines is 1. The number of anilines is 1. The molecule has 1 saturated carbocycles. The SMILES string of the molecule is O=C(Nc1ccccc1F)N(CCc1nc2ccccc2[nH]1)C1CCCCC1. The number of nitrogens with zero attached hydrogens (tertiary/aromatic N) is 2. The Morgan fingerprint density at radius 1 is 1.11 bits per heavy atom. The largest absolute Gasteiger partial charge is 0.342 e. The average Bonchev–Trinajstić information content (AvgIpc) is 3.14. The van der Waals surface area contributed by atoms with E-state index < -0.39 is 5.82 Å². The summed E-state index contributed by atoms with van der Waals surface area (Å²) in [6.45, 7) is 0.546. The van der Waals surface area contributed by atoms with Crippen molar-refractivity contribution in [1.29, 1.82) is 0 Å². The maximum Gasteiger partial charge on any atom is 0.322 e. The van der Waals surface area contributed by atoms with Crippen LogP contribution in [0.5, 0.6) is 0 Å². The van der Waals surface area contributed by atoms with Gasteiger partial charge in [-0.15, -0.1) is 0 Å². The summed E-state index contributed by atoms with van der Waals surface area (Å²) < 4.78 is 14.0. The summed E-state index contributed by atoms with van der Waals surface area (Å²) >= 11 is 0. The third-order valence-electron chi connectivity index (χ3n) is 5.42. The van der Waals surface area contributed by atoms with Gasteiger partial charge in [0.2, 0.25) is 0 Å². The topological polar surface area (TPSA) is 61.0 Å². The number of urea groups is 1. The van der Waals surface area contributed by atoms with E-state index in [4.69, 9.17) is 0 Å². The minimum Gasteiger partial charge on any atom is -0.342 e. The number of aromatic nitrogens is 2. The summed E-state index contributed by atoms with van der Waals surface area (Å²) in [5.74, 6) is 0.442. The third kappa shape index (κ3) is 4.16. The fourth-order valence-electron chi connectivity index (χ4n) is 3.94. The van der Waals surface area contributed by atoms with E-state index in [0.717, 1.165) is 42.5 Å². The van der Waals surface area contributed by atoms with Crippen LogP contribution in [-0.4, -0.2) is 33.5 Å². The number of H-pyrrole nitrogens is 1. The van der Waals surface area contributed by atoms with Crippen molar-refractivity contribution in [1.82, 2.24) is 14.9 Å². The molecule has 0 spiro atoms. The Kier molecular flexibility index (Phi) is 5.55. The summed E-state index contributed by atoms with van der Waals surface area (Å²) in [7, 11) is 0. The molecule has 0 atom stereocenters. The van der Waals surface area contributed by atoms with Gasteiger partial charge in [-0.2, -0.15) is 0 Å². The van der Waals surface area contributed by atoms with Crippen molar-refractivity contribution in [3.8, 4) is 0 Å². The zero-order valence-electron chi connectivity index (χ0n) is 15.8. The summed E-state index contributed by atoms with van der Waals surface area (Å²) in [6, 6.07) is 14.1. The van der Waals surface area contributed by atoms with Gasteiger partial charge in [0.25, 0.3) is 0 Å².